The van der Waals surface area contributed by atoms with Crippen molar-refractivity contribution in [3.8, 4) is 0 Å². The number of alkyl halides is 3. The molecule has 4 aromatic rings. The van der Waals surface area contributed by atoms with Crippen molar-refractivity contribution in [1.29, 1.82) is 0 Å². The van der Waals surface area contributed by atoms with E-state index < -0.39 is 68.9 Å². The number of hydrogen-bond acceptors (Lipinski definition) is 16. The van der Waals surface area contributed by atoms with Crippen molar-refractivity contribution in [2.75, 3.05) is 48.5 Å². The zero-order valence-corrected chi connectivity index (χ0v) is 33.4. The Bertz CT molecular complexity index is 2400. The molecule has 2 aromatic heterocycles. The minimum absolute atomic E-state index is 0.00864. The molecule has 0 aliphatic rings. The number of amides is 5. The second kappa shape index (κ2) is 20.3. The molecule has 2 aromatic carbocycles. The maximum absolute atomic E-state index is 13.2. The number of nitrogens with two attached hydrogens (primary N) is 2. The van der Waals surface area contributed by atoms with Crippen LogP contribution in [0.3, 0.4) is 0 Å². The SMILES string of the molecule is COC(=O)[C@H](CCCNC(=O)c1ccc(NC(=O)CNC(=O)C(F)(F)F)cc1S(=O)(=O)OCC(C)C)NC(=O)c1ccc(N(C=O)Cc2cnc3nc(N)nc(N)c3n2)cc1. The van der Waals surface area contributed by atoms with Crippen LogP contribution < -0.4 is 37.6 Å². The monoisotopic (exact) mass is 875 g/mol. The summed E-state index contributed by atoms with van der Waals surface area (Å²) in [6, 6.07) is 7.60. The molecule has 4 rings (SSSR count). The minimum atomic E-state index is -5.24. The van der Waals surface area contributed by atoms with E-state index in [0.29, 0.717) is 17.8 Å². The largest absolute Gasteiger partial charge is 0.471 e. The van der Waals surface area contributed by atoms with Crippen molar-refractivity contribution in [2.24, 2.45) is 5.92 Å². The zero-order chi connectivity index (χ0) is 45.1. The summed E-state index contributed by atoms with van der Waals surface area (Å²) in [6.07, 6.45) is -3.30. The maximum atomic E-state index is 13.2. The van der Waals surface area contributed by atoms with E-state index in [0.717, 1.165) is 25.3 Å². The maximum Gasteiger partial charge on any atom is 0.471 e. The molecule has 2 heterocycles. The van der Waals surface area contributed by atoms with E-state index in [1.165, 1.54) is 40.7 Å². The van der Waals surface area contributed by atoms with Crippen molar-refractivity contribution < 1.29 is 59.3 Å². The molecular formula is C36H40F3N11O10S. The summed E-state index contributed by atoms with van der Waals surface area (Å²) in [4.78, 5) is 91.2. The first-order chi connectivity index (χ1) is 28.7. The van der Waals surface area contributed by atoms with Gasteiger partial charge >= 0.3 is 18.1 Å². The van der Waals surface area contributed by atoms with E-state index in [4.69, 9.17) is 20.4 Å². The van der Waals surface area contributed by atoms with Crippen molar-refractivity contribution in [3.05, 3.63) is 65.5 Å². The molecule has 1 atom stereocenters. The van der Waals surface area contributed by atoms with Crippen molar-refractivity contribution in [3.63, 3.8) is 0 Å². The number of rotatable bonds is 19. The molecular weight excluding hydrogens is 836 g/mol. The fraction of sp³-hybridized carbons (Fsp3) is 0.333. The lowest BCUT2D eigenvalue weighted by Gasteiger charge is -2.19. The number of esters is 1. The van der Waals surface area contributed by atoms with E-state index in [-0.39, 0.29) is 72.6 Å². The van der Waals surface area contributed by atoms with E-state index in [9.17, 15) is 50.4 Å². The third kappa shape index (κ3) is 13.0. The van der Waals surface area contributed by atoms with Crippen LogP contribution in [0.25, 0.3) is 11.2 Å². The van der Waals surface area contributed by atoms with E-state index in [1.54, 1.807) is 13.8 Å². The number of nitrogens with zero attached hydrogens (tertiary/aromatic N) is 5. The Labute approximate surface area is 345 Å². The van der Waals surface area contributed by atoms with Crippen LogP contribution >= 0.6 is 0 Å². The summed E-state index contributed by atoms with van der Waals surface area (Å²) < 4.78 is 73.7. The average Bonchev–Trinajstić information content (AvgIpc) is 3.21. The van der Waals surface area contributed by atoms with Gasteiger partial charge in [-0.1, -0.05) is 13.8 Å². The van der Waals surface area contributed by atoms with Crippen LogP contribution in [-0.4, -0.2) is 103 Å². The van der Waals surface area contributed by atoms with Gasteiger partial charge in [0.25, 0.3) is 21.9 Å². The van der Waals surface area contributed by atoms with E-state index >= 15 is 0 Å². The molecule has 21 nitrogen and oxygen atoms in total. The van der Waals surface area contributed by atoms with E-state index in [2.05, 4.69) is 35.9 Å². The molecule has 0 aliphatic heterocycles. The molecule has 0 spiro atoms. The number of carbonyl (C=O) groups excluding carboxylic acids is 6. The molecule has 25 heteroatoms. The molecule has 61 heavy (non-hydrogen) atoms. The second-order valence-electron chi connectivity index (χ2n) is 13.3. The fourth-order valence-corrected chi connectivity index (χ4v) is 6.49. The Morgan fingerprint density at radius 1 is 0.967 bits per heavy atom. The molecule has 326 valence electrons. The van der Waals surface area contributed by atoms with Gasteiger partial charge in [-0.15, -0.1) is 0 Å². The van der Waals surface area contributed by atoms with Crippen LogP contribution in [0.15, 0.2) is 53.6 Å². The third-order valence-electron chi connectivity index (χ3n) is 8.17. The van der Waals surface area contributed by atoms with Crippen LogP contribution in [0.5, 0.6) is 0 Å². The number of nitrogen functional groups attached to an aromatic ring is 2. The van der Waals surface area contributed by atoms with Crippen LogP contribution in [0, 0.1) is 5.92 Å². The van der Waals surface area contributed by atoms with Gasteiger partial charge in [0.05, 0.1) is 44.3 Å². The molecule has 0 radical (unpaired) electrons. The lowest BCUT2D eigenvalue weighted by Crippen LogP contribution is -2.42. The summed E-state index contributed by atoms with van der Waals surface area (Å²) >= 11 is 0. The Balaban J connectivity index is 1.38. The predicted molar refractivity (Wildman–Crippen MR) is 210 cm³/mol. The topological polar surface area (TPSA) is 310 Å². The first-order valence-electron chi connectivity index (χ1n) is 17.9. The number of aromatic nitrogens is 4. The van der Waals surface area contributed by atoms with Gasteiger partial charge in [0.1, 0.15) is 10.9 Å². The highest BCUT2D eigenvalue weighted by Gasteiger charge is 2.38. The third-order valence-corrected chi connectivity index (χ3v) is 9.49. The number of benzene rings is 2. The summed E-state index contributed by atoms with van der Waals surface area (Å²) in [6.45, 7) is 1.77. The Morgan fingerprint density at radius 3 is 2.31 bits per heavy atom. The molecule has 0 saturated carbocycles. The van der Waals surface area contributed by atoms with Gasteiger partial charge in [-0.25, -0.2) is 14.8 Å². The number of carbonyl (C=O) groups is 6. The lowest BCUT2D eigenvalue weighted by atomic mass is 10.1. The Morgan fingerprint density at radius 2 is 1.67 bits per heavy atom. The second-order valence-corrected chi connectivity index (χ2v) is 14.9. The van der Waals surface area contributed by atoms with Crippen molar-refractivity contribution >= 4 is 80.4 Å². The van der Waals surface area contributed by atoms with Gasteiger partial charge in [-0.2, -0.15) is 31.6 Å². The predicted octanol–water partition coefficient (Wildman–Crippen LogP) is 1.21. The zero-order valence-electron chi connectivity index (χ0n) is 32.6. The van der Waals surface area contributed by atoms with E-state index in [1.807, 2.05) is 0 Å². The standard InChI is InChI=1S/C36H40F3N11O10S/c1-19(2)17-60-61(57,58)26-13-21(45-27(52)15-44-34(56)36(37,38)39)8-11-24(26)32(54)42-12-4-5-25(33(55)59-3)47-31(53)20-6-9-23(10-7-20)50(18-51)16-22-14-43-30-28(46-22)29(40)48-35(41)49-30/h6-11,13-14,18-19,25H,4-5,12,15-17H2,1-3H3,(H,42,54)(H,44,56)(H,45,52)(H,47,53)(H4,40,41,43,48,49)/t25-/m0/s1. The Hall–Kier alpha value is -7.02. The molecule has 5 amide bonds. The number of fused-ring (bicyclic) bond motifs is 1. The summed E-state index contributed by atoms with van der Waals surface area (Å²) in [5, 5.41) is 8.59. The summed E-state index contributed by atoms with van der Waals surface area (Å²) in [5.41, 5.74) is 12.0. The van der Waals surface area contributed by atoms with Gasteiger partial charge in [-0.05, 0) is 61.2 Å². The normalized spacial score (nSPS) is 12.0. The van der Waals surface area contributed by atoms with Crippen molar-refractivity contribution in [1.82, 2.24) is 35.9 Å². The molecule has 0 unspecified atom stereocenters. The number of nitrogens with one attached hydrogen (secondary N) is 4. The number of ether oxygens (including phenoxy) is 1. The number of hydrogen-bond donors (Lipinski definition) is 6. The lowest BCUT2D eigenvalue weighted by molar-refractivity contribution is -0.173. The highest BCUT2D eigenvalue weighted by atomic mass is 32.2. The highest BCUT2D eigenvalue weighted by Crippen LogP contribution is 2.24. The highest BCUT2D eigenvalue weighted by molar-refractivity contribution is 7.86. The minimum Gasteiger partial charge on any atom is -0.467 e. The van der Waals surface area contributed by atoms with Gasteiger partial charge < -0.3 is 42.4 Å². The molecule has 0 bridgehead atoms. The smallest absolute Gasteiger partial charge is 0.467 e. The number of methoxy groups -OCH3 is 1. The Kier molecular flexibility index (Phi) is 15.5. The van der Waals surface area contributed by atoms with Crippen LogP contribution in [0.1, 0.15) is 53.1 Å². The van der Waals surface area contributed by atoms with Gasteiger partial charge in [0, 0.05) is 23.5 Å². The van der Waals surface area contributed by atoms with Crippen LogP contribution in [0.4, 0.5) is 36.3 Å². The first-order valence-corrected chi connectivity index (χ1v) is 19.3. The van der Waals surface area contributed by atoms with Crippen molar-refractivity contribution in [2.45, 2.75) is 50.3 Å². The number of anilines is 4. The molecule has 0 aliphatic carbocycles. The molecule has 0 saturated heterocycles. The van der Waals surface area contributed by atoms with Gasteiger partial charge in [0.15, 0.2) is 17.0 Å². The quantitative estimate of drug-likeness (QED) is 0.0334. The average molecular weight is 876 g/mol. The van der Waals surface area contributed by atoms with Crippen LogP contribution in [0.2, 0.25) is 0 Å². The van der Waals surface area contributed by atoms with Gasteiger partial charge in [0.2, 0.25) is 18.3 Å². The number of halogens is 3. The summed E-state index contributed by atoms with van der Waals surface area (Å²) in [5.74, 6) is -6.22. The first kappa shape index (κ1) is 46.7. The molecule has 8 N–H and O–H groups in total. The molecule has 0 fully saturated rings. The fourth-order valence-electron chi connectivity index (χ4n) is 5.21. The van der Waals surface area contributed by atoms with Gasteiger partial charge in [-0.3, -0.25) is 28.2 Å². The summed E-state index contributed by atoms with van der Waals surface area (Å²) in [7, 11) is -3.53. The van der Waals surface area contributed by atoms with Crippen LogP contribution in [-0.2, 0) is 44.8 Å².